The second-order valence-corrected chi connectivity index (χ2v) is 5.60. The first-order valence-electron chi connectivity index (χ1n) is 6.92. The van der Waals surface area contributed by atoms with Crippen LogP contribution in [0.15, 0.2) is 30.3 Å². The molecule has 2 unspecified atom stereocenters. The average Bonchev–Trinajstić information content (AvgIpc) is 2.42. The normalized spacial score (nSPS) is 20.7. The maximum absolute atomic E-state index is 10.4. The number of aryl methyl sites for hydroxylation is 2. The molecule has 0 aliphatic carbocycles. The van der Waals surface area contributed by atoms with Crippen molar-refractivity contribution in [1.82, 2.24) is 0 Å². The summed E-state index contributed by atoms with van der Waals surface area (Å²) in [6, 6.07) is 8.40. The molecule has 2 aromatic carbocycles. The van der Waals surface area contributed by atoms with Crippen molar-refractivity contribution in [1.29, 1.82) is 0 Å². The largest absolute Gasteiger partial charge is 0.508 e. The second-order valence-electron chi connectivity index (χ2n) is 5.60. The molecule has 0 saturated carbocycles. The highest BCUT2D eigenvalue weighted by Gasteiger charge is 2.31. The molecule has 2 aromatic rings. The molecule has 3 rings (SSSR count). The van der Waals surface area contributed by atoms with E-state index in [-0.39, 0.29) is 11.5 Å². The maximum atomic E-state index is 10.4. The van der Waals surface area contributed by atoms with E-state index in [9.17, 15) is 15.3 Å². The first-order valence-corrected chi connectivity index (χ1v) is 6.92. The van der Waals surface area contributed by atoms with Gasteiger partial charge >= 0.3 is 0 Å². The number of benzene rings is 2. The number of rotatable bonds is 1. The Bertz CT molecular complexity index is 693. The van der Waals surface area contributed by atoms with Crippen molar-refractivity contribution < 1.29 is 20.1 Å². The molecule has 2 atom stereocenters. The summed E-state index contributed by atoms with van der Waals surface area (Å²) in [7, 11) is 0. The van der Waals surface area contributed by atoms with E-state index in [0.717, 1.165) is 22.3 Å². The van der Waals surface area contributed by atoms with Crippen molar-refractivity contribution in [2.45, 2.75) is 32.5 Å². The van der Waals surface area contributed by atoms with Gasteiger partial charge in [-0.1, -0.05) is 6.07 Å². The van der Waals surface area contributed by atoms with E-state index in [4.69, 9.17) is 4.74 Å². The molecule has 0 saturated heterocycles. The van der Waals surface area contributed by atoms with Crippen LogP contribution in [-0.4, -0.2) is 21.4 Å². The van der Waals surface area contributed by atoms with Gasteiger partial charge in [-0.25, -0.2) is 0 Å². The standard InChI is InChI=1S/C17H18O4/c1-9-6-12(18)7-16-13(9)8-15(20)17(21-16)11-3-4-14(19)10(2)5-11/h3-7,15,17-20H,8H2,1-2H3. The van der Waals surface area contributed by atoms with E-state index in [1.165, 1.54) is 0 Å². The van der Waals surface area contributed by atoms with Crippen molar-refractivity contribution in [3.8, 4) is 17.2 Å². The smallest absolute Gasteiger partial charge is 0.150 e. The lowest BCUT2D eigenvalue weighted by molar-refractivity contribution is 0.0204. The molecule has 21 heavy (non-hydrogen) atoms. The first-order chi connectivity index (χ1) is 9.95. The summed E-state index contributed by atoms with van der Waals surface area (Å²) in [5.41, 5.74) is 3.38. The molecule has 1 aliphatic rings. The Balaban J connectivity index is 2.00. The van der Waals surface area contributed by atoms with Gasteiger partial charge in [-0.15, -0.1) is 0 Å². The van der Waals surface area contributed by atoms with Crippen LogP contribution in [-0.2, 0) is 6.42 Å². The molecular formula is C17H18O4. The predicted octanol–water partition coefficient (Wildman–Crippen LogP) is 2.75. The Morgan fingerprint density at radius 1 is 1.05 bits per heavy atom. The zero-order chi connectivity index (χ0) is 15.1. The fraction of sp³-hybridized carbons (Fsp3) is 0.294. The van der Waals surface area contributed by atoms with Gasteiger partial charge in [0.25, 0.3) is 0 Å². The lowest BCUT2D eigenvalue weighted by atomic mass is 9.91. The number of hydrogen-bond donors (Lipinski definition) is 3. The van der Waals surface area contributed by atoms with Crippen molar-refractivity contribution in [3.63, 3.8) is 0 Å². The van der Waals surface area contributed by atoms with Crippen molar-refractivity contribution in [2.75, 3.05) is 0 Å². The lowest BCUT2D eigenvalue weighted by Crippen LogP contribution is -2.30. The van der Waals surface area contributed by atoms with Crippen LogP contribution in [0.5, 0.6) is 17.2 Å². The second kappa shape index (κ2) is 4.97. The first kappa shape index (κ1) is 13.8. The van der Waals surface area contributed by atoms with Gasteiger partial charge in [0.05, 0.1) is 6.10 Å². The number of ether oxygens (including phenoxy) is 1. The molecule has 0 amide bonds. The Kier molecular flexibility index (Phi) is 3.26. The van der Waals surface area contributed by atoms with E-state index in [0.29, 0.717) is 12.2 Å². The molecule has 0 aromatic heterocycles. The van der Waals surface area contributed by atoms with E-state index in [1.807, 2.05) is 13.0 Å². The van der Waals surface area contributed by atoms with Crippen LogP contribution in [0.3, 0.4) is 0 Å². The molecule has 0 spiro atoms. The minimum atomic E-state index is -0.662. The van der Waals surface area contributed by atoms with Gasteiger partial charge in [-0.3, -0.25) is 0 Å². The minimum Gasteiger partial charge on any atom is -0.508 e. The molecule has 4 heteroatoms. The summed E-state index contributed by atoms with van der Waals surface area (Å²) in [5, 5.41) is 29.7. The number of phenolic OH excluding ortho intramolecular Hbond substituents is 2. The van der Waals surface area contributed by atoms with E-state index < -0.39 is 12.2 Å². The third kappa shape index (κ3) is 2.43. The summed E-state index contributed by atoms with van der Waals surface area (Å²) < 4.78 is 5.90. The predicted molar refractivity (Wildman–Crippen MR) is 78.8 cm³/mol. The Morgan fingerprint density at radius 2 is 1.81 bits per heavy atom. The zero-order valence-electron chi connectivity index (χ0n) is 12.0. The molecule has 3 N–H and O–H groups in total. The number of phenols is 2. The Morgan fingerprint density at radius 3 is 2.52 bits per heavy atom. The fourth-order valence-electron chi connectivity index (χ4n) is 2.81. The van der Waals surface area contributed by atoms with Crippen LogP contribution >= 0.6 is 0 Å². The number of aliphatic hydroxyl groups excluding tert-OH is 1. The Hall–Kier alpha value is -2.20. The number of aliphatic hydroxyl groups is 1. The molecule has 4 nitrogen and oxygen atoms in total. The highest BCUT2D eigenvalue weighted by molar-refractivity contribution is 5.48. The third-order valence-corrected chi connectivity index (χ3v) is 3.98. The molecule has 1 heterocycles. The van der Waals surface area contributed by atoms with Crippen molar-refractivity contribution >= 4 is 0 Å². The van der Waals surface area contributed by atoms with Crippen molar-refractivity contribution in [3.05, 3.63) is 52.6 Å². The number of hydrogen-bond acceptors (Lipinski definition) is 4. The molecule has 0 radical (unpaired) electrons. The van der Waals surface area contributed by atoms with Gasteiger partial charge in [0.2, 0.25) is 0 Å². The van der Waals surface area contributed by atoms with Gasteiger partial charge in [0.1, 0.15) is 23.4 Å². The Labute approximate surface area is 123 Å². The van der Waals surface area contributed by atoms with Crippen molar-refractivity contribution in [2.24, 2.45) is 0 Å². The van der Waals surface area contributed by atoms with Gasteiger partial charge in [0.15, 0.2) is 0 Å². The highest BCUT2D eigenvalue weighted by Crippen LogP contribution is 2.39. The monoisotopic (exact) mass is 286 g/mol. The summed E-state index contributed by atoms with van der Waals surface area (Å²) in [6.45, 7) is 3.69. The van der Waals surface area contributed by atoms with Gasteiger partial charge in [-0.05, 0) is 48.7 Å². The third-order valence-electron chi connectivity index (χ3n) is 3.98. The van der Waals surface area contributed by atoms with Gasteiger partial charge in [-0.2, -0.15) is 0 Å². The minimum absolute atomic E-state index is 0.156. The zero-order valence-corrected chi connectivity index (χ0v) is 12.0. The molecule has 0 fully saturated rings. The number of aromatic hydroxyl groups is 2. The van der Waals surface area contributed by atoms with Crippen LogP contribution in [0.2, 0.25) is 0 Å². The lowest BCUT2D eigenvalue weighted by Gasteiger charge is -2.32. The van der Waals surface area contributed by atoms with Crippen LogP contribution in [0.4, 0.5) is 0 Å². The molecular weight excluding hydrogens is 268 g/mol. The van der Waals surface area contributed by atoms with Crippen LogP contribution in [0.25, 0.3) is 0 Å². The van der Waals surface area contributed by atoms with E-state index in [1.54, 1.807) is 31.2 Å². The summed E-state index contributed by atoms with van der Waals surface area (Å²) in [6.07, 6.45) is -0.686. The molecule has 0 bridgehead atoms. The topological polar surface area (TPSA) is 69.9 Å². The maximum Gasteiger partial charge on any atom is 0.150 e. The fourth-order valence-corrected chi connectivity index (χ4v) is 2.81. The van der Waals surface area contributed by atoms with Crippen LogP contribution < -0.4 is 4.74 Å². The molecule has 1 aliphatic heterocycles. The SMILES string of the molecule is Cc1cc(C2Oc3cc(O)cc(C)c3CC2O)ccc1O. The van der Waals surface area contributed by atoms with Gasteiger partial charge < -0.3 is 20.1 Å². The number of fused-ring (bicyclic) bond motifs is 1. The highest BCUT2D eigenvalue weighted by atomic mass is 16.5. The summed E-state index contributed by atoms with van der Waals surface area (Å²) >= 11 is 0. The van der Waals surface area contributed by atoms with Crippen LogP contribution in [0.1, 0.15) is 28.4 Å². The molecule has 110 valence electrons. The van der Waals surface area contributed by atoms with E-state index in [2.05, 4.69) is 0 Å². The van der Waals surface area contributed by atoms with Crippen LogP contribution in [0, 0.1) is 13.8 Å². The average molecular weight is 286 g/mol. The summed E-state index contributed by atoms with van der Waals surface area (Å²) in [5.74, 6) is 0.981. The van der Waals surface area contributed by atoms with E-state index >= 15 is 0 Å². The van der Waals surface area contributed by atoms with Gasteiger partial charge in [0, 0.05) is 18.1 Å². The summed E-state index contributed by atoms with van der Waals surface area (Å²) in [4.78, 5) is 0. The quantitative estimate of drug-likeness (QED) is 0.754.